The van der Waals surface area contributed by atoms with Gasteiger partial charge in [0.15, 0.2) is 5.82 Å². The van der Waals surface area contributed by atoms with Gasteiger partial charge in [-0.1, -0.05) is 18.2 Å². The van der Waals surface area contributed by atoms with Crippen LogP contribution in [-0.4, -0.2) is 18.2 Å². The number of benzene rings is 2. The quantitative estimate of drug-likeness (QED) is 0.846. The van der Waals surface area contributed by atoms with Crippen molar-refractivity contribution in [1.82, 2.24) is 0 Å². The van der Waals surface area contributed by atoms with Crippen molar-refractivity contribution in [3.63, 3.8) is 0 Å². The Labute approximate surface area is 128 Å². The predicted octanol–water partition coefficient (Wildman–Crippen LogP) is 3.42. The molecule has 0 atom stereocenters. The lowest BCUT2D eigenvalue weighted by atomic mass is 10.2. The van der Waals surface area contributed by atoms with E-state index in [4.69, 9.17) is 0 Å². The van der Waals surface area contributed by atoms with Crippen LogP contribution in [0.25, 0.3) is 0 Å². The molecule has 0 aliphatic rings. The normalized spacial score (nSPS) is 10.5. The summed E-state index contributed by atoms with van der Waals surface area (Å²) in [6, 6.07) is 9.45. The molecule has 0 bridgehead atoms. The van der Waals surface area contributed by atoms with E-state index in [1.54, 1.807) is 18.2 Å². The van der Waals surface area contributed by atoms with Crippen LogP contribution in [-0.2, 0) is 4.79 Å². The van der Waals surface area contributed by atoms with Crippen LogP contribution in [0, 0.1) is 11.6 Å². The number of nitrogens with one attached hydrogen (secondary N) is 2. The Morgan fingerprint density at radius 3 is 2.17 bits per heavy atom. The zero-order valence-electron chi connectivity index (χ0n) is 11.4. The molecule has 2 aromatic carbocycles. The molecule has 8 heteroatoms. The van der Waals surface area contributed by atoms with Gasteiger partial charge in [0.05, 0.1) is 5.69 Å². The van der Waals surface area contributed by atoms with Crippen LogP contribution < -0.4 is 10.6 Å². The summed E-state index contributed by atoms with van der Waals surface area (Å²) < 4.78 is 52.0. The van der Waals surface area contributed by atoms with E-state index in [2.05, 4.69) is 5.32 Å². The van der Waals surface area contributed by atoms with Gasteiger partial charge in [0.25, 0.3) is 11.8 Å². The second-order valence-electron chi connectivity index (χ2n) is 4.39. The lowest BCUT2D eigenvalue weighted by Crippen LogP contribution is -2.22. The zero-order chi connectivity index (χ0) is 17.0. The number of alkyl halides is 2. The summed E-state index contributed by atoms with van der Waals surface area (Å²) in [7, 11) is 0. The Bertz CT molecular complexity index is 736. The highest BCUT2D eigenvalue weighted by molar-refractivity contribution is 6.04. The van der Waals surface area contributed by atoms with Gasteiger partial charge in [-0.05, 0) is 24.3 Å². The fourth-order valence-electron chi connectivity index (χ4n) is 1.73. The highest BCUT2D eigenvalue weighted by atomic mass is 19.3. The smallest absolute Gasteiger partial charge is 0.315 e. The number of amides is 2. The number of halogens is 4. The molecule has 2 rings (SSSR count). The van der Waals surface area contributed by atoms with Crippen molar-refractivity contribution < 1.29 is 27.2 Å². The fourth-order valence-corrected chi connectivity index (χ4v) is 1.73. The van der Waals surface area contributed by atoms with Crippen molar-refractivity contribution in [3.05, 3.63) is 59.7 Å². The van der Waals surface area contributed by atoms with Crippen LogP contribution in [0.2, 0.25) is 0 Å². The minimum absolute atomic E-state index is 0.217. The van der Waals surface area contributed by atoms with E-state index in [1.807, 2.05) is 0 Å². The Kier molecular flexibility index (Phi) is 4.95. The minimum atomic E-state index is -3.43. The number of rotatable bonds is 4. The van der Waals surface area contributed by atoms with Gasteiger partial charge in [0.2, 0.25) is 0 Å². The maximum Gasteiger partial charge on any atom is 0.315 e. The lowest BCUT2D eigenvalue weighted by Gasteiger charge is -2.12. The first-order valence-electron chi connectivity index (χ1n) is 6.33. The molecule has 0 radical (unpaired) electrons. The van der Waals surface area contributed by atoms with E-state index < -0.39 is 41.2 Å². The molecular formula is C15H10F4N2O2. The van der Waals surface area contributed by atoms with Crippen molar-refractivity contribution in [2.24, 2.45) is 0 Å². The molecule has 0 unspecified atom stereocenters. The molecule has 0 saturated heterocycles. The molecule has 4 nitrogen and oxygen atoms in total. The average Bonchev–Trinajstić information content (AvgIpc) is 2.54. The summed E-state index contributed by atoms with van der Waals surface area (Å²) in [6.45, 7) is 0. The molecule has 0 fully saturated rings. The SMILES string of the molecule is O=C(Nc1ccc(F)c(NC(=O)C(F)F)c1F)c1ccccc1. The Balaban J connectivity index is 2.27. The van der Waals surface area contributed by atoms with Crippen molar-refractivity contribution in [2.75, 3.05) is 10.6 Å². The third-order valence-corrected chi connectivity index (χ3v) is 2.82. The minimum Gasteiger partial charge on any atom is -0.319 e. The maximum absolute atomic E-state index is 14.1. The first kappa shape index (κ1) is 16.5. The number of hydrogen-bond acceptors (Lipinski definition) is 2. The summed E-state index contributed by atoms with van der Waals surface area (Å²) in [6.07, 6.45) is -3.43. The molecule has 2 amide bonds. The highest BCUT2D eigenvalue weighted by Crippen LogP contribution is 2.26. The molecule has 0 aromatic heterocycles. The van der Waals surface area contributed by atoms with Crippen LogP contribution in [0.4, 0.5) is 28.9 Å². The fraction of sp³-hybridized carbons (Fsp3) is 0.0667. The van der Waals surface area contributed by atoms with E-state index in [9.17, 15) is 27.2 Å². The second kappa shape index (κ2) is 6.91. The number of anilines is 2. The van der Waals surface area contributed by atoms with Crippen molar-refractivity contribution in [2.45, 2.75) is 6.43 Å². The van der Waals surface area contributed by atoms with E-state index >= 15 is 0 Å². The van der Waals surface area contributed by atoms with Crippen molar-refractivity contribution >= 4 is 23.2 Å². The lowest BCUT2D eigenvalue weighted by molar-refractivity contribution is -0.126. The van der Waals surface area contributed by atoms with Crippen LogP contribution in [0.15, 0.2) is 42.5 Å². The molecule has 120 valence electrons. The van der Waals surface area contributed by atoms with Gasteiger partial charge in [-0.25, -0.2) is 8.78 Å². The molecule has 0 aliphatic heterocycles. The van der Waals surface area contributed by atoms with Crippen LogP contribution >= 0.6 is 0 Å². The third-order valence-electron chi connectivity index (χ3n) is 2.82. The standard InChI is InChI=1S/C15H10F4N2O2/c16-9-6-7-10(11(17)12(9)21-15(23)13(18)19)20-14(22)8-4-2-1-3-5-8/h1-7,13H,(H,20,22)(H,21,23). The molecule has 2 aromatic rings. The van der Waals surface area contributed by atoms with Gasteiger partial charge >= 0.3 is 6.43 Å². The van der Waals surface area contributed by atoms with E-state index in [1.165, 1.54) is 17.4 Å². The third kappa shape index (κ3) is 3.85. The number of hydrogen-bond donors (Lipinski definition) is 2. The van der Waals surface area contributed by atoms with Gasteiger partial charge in [0.1, 0.15) is 11.5 Å². The molecule has 0 spiro atoms. The largest absolute Gasteiger partial charge is 0.319 e. The highest BCUT2D eigenvalue weighted by Gasteiger charge is 2.22. The van der Waals surface area contributed by atoms with Gasteiger partial charge in [-0.3, -0.25) is 9.59 Å². The van der Waals surface area contributed by atoms with Crippen molar-refractivity contribution in [3.8, 4) is 0 Å². The molecule has 0 heterocycles. The first-order valence-corrected chi connectivity index (χ1v) is 6.33. The van der Waals surface area contributed by atoms with Gasteiger partial charge in [-0.15, -0.1) is 0 Å². The summed E-state index contributed by atoms with van der Waals surface area (Å²) >= 11 is 0. The van der Waals surface area contributed by atoms with Gasteiger partial charge in [-0.2, -0.15) is 8.78 Å². The average molecular weight is 326 g/mol. The Morgan fingerprint density at radius 1 is 0.913 bits per heavy atom. The summed E-state index contributed by atoms with van der Waals surface area (Å²) in [5.41, 5.74) is -1.29. The van der Waals surface area contributed by atoms with Crippen LogP contribution in [0.3, 0.4) is 0 Å². The van der Waals surface area contributed by atoms with Gasteiger partial charge < -0.3 is 10.6 Å². The Morgan fingerprint density at radius 2 is 1.57 bits per heavy atom. The summed E-state index contributed by atoms with van der Waals surface area (Å²) in [5.74, 6) is -5.13. The zero-order valence-corrected chi connectivity index (χ0v) is 11.4. The Hall–Kier alpha value is -2.90. The number of carbonyl (C=O) groups excluding carboxylic acids is 2. The van der Waals surface area contributed by atoms with E-state index in [0.717, 1.165) is 12.1 Å². The van der Waals surface area contributed by atoms with Crippen LogP contribution in [0.5, 0.6) is 0 Å². The summed E-state index contributed by atoms with van der Waals surface area (Å²) in [5, 5.41) is 3.62. The van der Waals surface area contributed by atoms with Crippen molar-refractivity contribution in [1.29, 1.82) is 0 Å². The predicted molar refractivity (Wildman–Crippen MR) is 75.4 cm³/mol. The first-order chi connectivity index (χ1) is 10.9. The summed E-state index contributed by atoms with van der Waals surface area (Å²) in [4.78, 5) is 22.8. The van der Waals surface area contributed by atoms with E-state index in [0.29, 0.717) is 0 Å². The molecular weight excluding hydrogens is 316 g/mol. The molecule has 0 saturated carbocycles. The topological polar surface area (TPSA) is 58.2 Å². The van der Waals surface area contributed by atoms with Crippen LogP contribution in [0.1, 0.15) is 10.4 Å². The molecule has 2 N–H and O–H groups in total. The molecule has 23 heavy (non-hydrogen) atoms. The maximum atomic E-state index is 14.1. The number of carbonyl (C=O) groups is 2. The van der Waals surface area contributed by atoms with E-state index in [-0.39, 0.29) is 5.56 Å². The second-order valence-corrected chi connectivity index (χ2v) is 4.39. The van der Waals surface area contributed by atoms with Gasteiger partial charge in [0, 0.05) is 5.56 Å². The molecule has 0 aliphatic carbocycles. The monoisotopic (exact) mass is 326 g/mol.